The highest BCUT2D eigenvalue weighted by atomic mass is 32.2. The van der Waals surface area contributed by atoms with Crippen molar-refractivity contribution < 1.29 is 9.59 Å². The molecule has 0 spiro atoms. The van der Waals surface area contributed by atoms with E-state index < -0.39 is 0 Å². The Morgan fingerprint density at radius 3 is 2.88 bits per heavy atom. The highest BCUT2D eigenvalue weighted by Crippen LogP contribution is 2.35. The van der Waals surface area contributed by atoms with Crippen LogP contribution in [0.5, 0.6) is 0 Å². The van der Waals surface area contributed by atoms with Crippen molar-refractivity contribution in [2.75, 3.05) is 5.32 Å². The fourth-order valence-corrected chi connectivity index (χ4v) is 4.09. The molecule has 2 aliphatic heterocycles. The topological polar surface area (TPSA) is 70.6 Å². The van der Waals surface area contributed by atoms with E-state index in [-0.39, 0.29) is 16.4 Å². The number of nitrogens with zero attached hydrogens (tertiary/aromatic N) is 1. The number of fused-ring (bicyclic) bond motifs is 1. The van der Waals surface area contributed by atoms with E-state index in [0.717, 1.165) is 28.1 Å². The van der Waals surface area contributed by atoms with E-state index in [1.807, 2.05) is 48.0 Å². The average Bonchev–Trinajstić information content (AvgIpc) is 3.16. The lowest BCUT2D eigenvalue weighted by atomic mass is 9.99. The molecule has 2 aromatic rings. The molecular weight excluding hydrogens is 342 g/mol. The quantitative estimate of drug-likeness (QED) is 0.805. The summed E-state index contributed by atoms with van der Waals surface area (Å²) in [5.41, 5.74) is 7.52. The second kappa shape index (κ2) is 5.92. The maximum absolute atomic E-state index is 12.3. The predicted octanol–water partition coefficient (Wildman–Crippen LogP) is 3.79. The van der Waals surface area contributed by atoms with Crippen LogP contribution in [-0.4, -0.2) is 22.1 Å². The van der Waals surface area contributed by atoms with Crippen molar-refractivity contribution in [1.82, 2.24) is 5.43 Å². The zero-order valence-electron chi connectivity index (χ0n) is 12.7. The van der Waals surface area contributed by atoms with Gasteiger partial charge in [0.15, 0.2) is 0 Å². The van der Waals surface area contributed by atoms with E-state index in [4.69, 9.17) is 0 Å². The van der Waals surface area contributed by atoms with Gasteiger partial charge in [0.25, 0.3) is 11.1 Å². The van der Waals surface area contributed by atoms with Crippen LogP contribution in [0.3, 0.4) is 0 Å². The molecule has 5 nitrogen and oxygen atoms in total. The summed E-state index contributed by atoms with van der Waals surface area (Å²) < 4.78 is 0. The van der Waals surface area contributed by atoms with E-state index in [1.165, 1.54) is 11.8 Å². The molecule has 4 rings (SSSR count). The van der Waals surface area contributed by atoms with Crippen LogP contribution in [0, 0.1) is 0 Å². The molecule has 120 valence electrons. The Morgan fingerprint density at radius 2 is 2.12 bits per heavy atom. The van der Waals surface area contributed by atoms with Crippen LogP contribution in [0.15, 0.2) is 40.1 Å². The molecule has 1 unspecified atom stereocenters. The fourth-order valence-electron chi connectivity index (χ4n) is 2.75. The Hall–Kier alpha value is -2.38. The Morgan fingerprint density at radius 1 is 1.25 bits per heavy atom. The summed E-state index contributed by atoms with van der Waals surface area (Å²) in [6, 6.07) is 7.73. The molecule has 2 amide bonds. The molecule has 1 aromatic carbocycles. The number of hydrogen-bond acceptors (Lipinski definition) is 5. The van der Waals surface area contributed by atoms with Gasteiger partial charge in [-0.3, -0.25) is 9.59 Å². The smallest absolute Gasteiger partial charge is 0.299 e. The number of benzene rings is 1. The van der Waals surface area contributed by atoms with Gasteiger partial charge in [0.2, 0.25) is 0 Å². The molecule has 1 aromatic heterocycles. The molecule has 0 saturated carbocycles. The van der Waals surface area contributed by atoms with Crippen molar-refractivity contribution in [3.63, 3.8) is 0 Å². The van der Waals surface area contributed by atoms with Crippen molar-refractivity contribution in [3.8, 4) is 0 Å². The van der Waals surface area contributed by atoms with E-state index in [2.05, 4.69) is 15.8 Å². The van der Waals surface area contributed by atoms with Crippen molar-refractivity contribution in [1.29, 1.82) is 0 Å². The number of rotatable bonds is 2. The number of anilines is 1. The summed E-state index contributed by atoms with van der Waals surface area (Å²) in [4.78, 5) is 23.7. The zero-order valence-corrected chi connectivity index (χ0v) is 14.3. The van der Waals surface area contributed by atoms with Crippen LogP contribution in [-0.2, 0) is 4.79 Å². The standard InChI is InChI=1S/C17H13N3O2S2/c1-9-15(19-20-17(22)24-9)11-2-3-14-12(7-11)13(16(21)18-14)6-10-4-5-23-8-10/h2-9H,1H3,(H,18,21)(H,20,22)/b13-6-. The van der Waals surface area contributed by atoms with Gasteiger partial charge < -0.3 is 5.32 Å². The van der Waals surface area contributed by atoms with Gasteiger partial charge >= 0.3 is 0 Å². The van der Waals surface area contributed by atoms with Crippen molar-refractivity contribution >= 4 is 57.3 Å². The predicted molar refractivity (Wildman–Crippen MR) is 99.4 cm³/mol. The number of hydrogen-bond donors (Lipinski definition) is 2. The number of nitrogens with one attached hydrogen (secondary N) is 2. The Balaban J connectivity index is 1.77. The number of carbonyl (C=O) groups is 2. The monoisotopic (exact) mass is 355 g/mol. The molecule has 7 heteroatoms. The van der Waals surface area contributed by atoms with Crippen molar-refractivity contribution in [2.24, 2.45) is 5.10 Å². The minimum absolute atomic E-state index is 0.0360. The van der Waals surface area contributed by atoms with E-state index in [1.54, 1.807) is 11.3 Å². The fraction of sp³-hybridized carbons (Fsp3) is 0.118. The lowest BCUT2D eigenvalue weighted by molar-refractivity contribution is -0.110. The van der Waals surface area contributed by atoms with Gasteiger partial charge in [-0.2, -0.15) is 16.4 Å². The third kappa shape index (κ3) is 2.65. The molecule has 0 fully saturated rings. The maximum atomic E-state index is 12.3. The molecule has 0 bridgehead atoms. The van der Waals surface area contributed by atoms with Gasteiger partial charge in [-0.15, -0.1) is 0 Å². The van der Waals surface area contributed by atoms with E-state index in [0.29, 0.717) is 5.57 Å². The van der Waals surface area contributed by atoms with Crippen LogP contribution >= 0.6 is 23.1 Å². The Bertz CT molecular complexity index is 901. The molecule has 1 atom stereocenters. The third-order valence-corrected chi connectivity index (χ3v) is 5.47. The van der Waals surface area contributed by atoms with Gasteiger partial charge in [0.1, 0.15) is 0 Å². The van der Waals surface area contributed by atoms with Crippen LogP contribution in [0.2, 0.25) is 0 Å². The summed E-state index contributed by atoms with van der Waals surface area (Å²) in [6.45, 7) is 1.95. The Kier molecular flexibility index (Phi) is 3.74. The summed E-state index contributed by atoms with van der Waals surface area (Å²) in [7, 11) is 0. The van der Waals surface area contributed by atoms with Gasteiger partial charge in [-0.25, -0.2) is 5.43 Å². The molecular formula is C17H13N3O2S2. The summed E-state index contributed by atoms with van der Waals surface area (Å²) in [6.07, 6.45) is 1.89. The Labute approximate surface area is 146 Å². The highest BCUT2D eigenvalue weighted by molar-refractivity contribution is 8.14. The molecule has 24 heavy (non-hydrogen) atoms. The lowest BCUT2D eigenvalue weighted by Gasteiger charge is -2.18. The van der Waals surface area contributed by atoms with E-state index >= 15 is 0 Å². The molecule has 2 aliphatic rings. The van der Waals surface area contributed by atoms with E-state index in [9.17, 15) is 9.59 Å². The summed E-state index contributed by atoms with van der Waals surface area (Å²) in [5, 5.41) is 10.9. The second-order valence-corrected chi connectivity index (χ2v) is 7.58. The third-order valence-electron chi connectivity index (χ3n) is 3.89. The number of thioether (sulfide) groups is 1. The average molecular weight is 355 g/mol. The number of carbonyl (C=O) groups excluding carboxylic acids is 2. The van der Waals surface area contributed by atoms with Gasteiger partial charge in [0.05, 0.1) is 11.0 Å². The number of hydrazone groups is 1. The van der Waals surface area contributed by atoms with Crippen LogP contribution in [0.25, 0.3) is 11.6 Å². The summed E-state index contributed by atoms with van der Waals surface area (Å²) in [5.74, 6) is -0.102. The van der Waals surface area contributed by atoms with Crippen LogP contribution in [0.4, 0.5) is 10.5 Å². The first kappa shape index (κ1) is 15.2. The van der Waals surface area contributed by atoms with Crippen LogP contribution < -0.4 is 10.7 Å². The van der Waals surface area contributed by atoms with Gasteiger partial charge in [0, 0.05) is 16.8 Å². The minimum Gasteiger partial charge on any atom is -0.321 e. The first-order valence-corrected chi connectivity index (χ1v) is 9.18. The lowest BCUT2D eigenvalue weighted by Crippen LogP contribution is -2.29. The minimum atomic E-state index is -0.151. The highest BCUT2D eigenvalue weighted by Gasteiger charge is 2.27. The zero-order chi connectivity index (χ0) is 16.7. The molecule has 0 aliphatic carbocycles. The number of thiophene rings is 1. The first-order valence-electron chi connectivity index (χ1n) is 7.36. The largest absolute Gasteiger partial charge is 0.321 e. The number of amides is 2. The molecule has 0 saturated heterocycles. The molecule has 3 heterocycles. The SMILES string of the molecule is CC1SC(=O)NN=C1c1ccc2c(c1)/C(=C/c1ccsc1)C(=O)N2. The normalized spacial score (nSPS) is 21.3. The molecule has 2 N–H and O–H groups in total. The van der Waals surface area contributed by atoms with Gasteiger partial charge in [-0.1, -0.05) is 17.8 Å². The van der Waals surface area contributed by atoms with Gasteiger partial charge in [-0.05, 0) is 53.1 Å². The first-order chi connectivity index (χ1) is 11.6. The summed E-state index contributed by atoms with van der Waals surface area (Å²) >= 11 is 2.80. The van der Waals surface area contributed by atoms with Crippen molar-refractivity contribution in [2.45, 2.75) is 12.2 Å². The van der Waals surface area contributed by atoms with Crippen molar-refractivity contribution in [3.05, 3.63) is 51.7 Å². The molecule has 0 radical (unpaired) electrons. The second-order valence-electron chi connectivity index (χ2n) is 5.49. The maximum Gasteiger partial charge on any atom is 0.299 e. The van der Waals surface area contributed by atoms with Crippen LogP contribution in [0.1, 0.15) is 23.6 Å².